The first-order chi connectivity index (χ1) is 24.7. The predicted molar refractivity (Wildman–Crippen MR) is 239 cm³/mol. The van der Waals surface area contributed by atoms with Crippen molar-refractivity contribution in [3.63, 3.8) is 0 Å². The summed E-state index contributed by atoms with van der Waals surface area (Å²) in [6, 6.07) is 22.2. The second kappa shape index (κ2) is 16.9. The summed E-state index contributed by atoms with van der Waals surface area (Å²) in [5.74, 6) is 2.07. The molecule has 0 amide bonds. The van der Waals surface area contributed by atoms with Gasteiger partial charge in [-0.25, -0.2) is 0 Å². The van der Waals surface area contributed by atoms with Gasteiger partial charge in [-0.05, 0) is 118 Å². The highest BCUT2D eigenvalue weighted by Crippen LogP contribution is 2.55. The summed E-state index contributed by atoms with van der Waals surface area (Å²) in [4.78, 5) is 0. The van der Waals surface area contributed by atoms with E-state index in [1.165, 1.54) is 10.4 Å². The zero-order chi connectivity index (χ0) is 40.7. The lowest BCUT2D eigenvalue weighted by Crippen LogP contribution is -2.68. The van der Waals surface area contributed by atoms with E-state index in [4.69, 9.17) is 13.3 Å². The second-order valence-corrected chi connectivity index (χ2v) is 35.6. The van der Waals surface area contributed by atoms with Gasteiger partial charge < -0.3 is 18.4 Å². The van der Waals surface area contributed by atoms with Crippen LogP contribution in [-0.4, -0.2) is 55.5 Å². The Labute approximate surface area is 335 Å². The number of benzene rings is 2. The Morgan fingerprint density at radius 1 is 0.685 bits per heavy atom. The van der Waals surface area contributed by atoms with Gasteiger partial charge in [-0.1, -0.05) is 150 Å². The summed E-state index contributed by atoms with van der Waals surface area (Å²) in [5, 5.41) is 15.1. The smallest absolute Gasteiger partial charge is 0.261 e. The Hall–Kier alpha value is -1.33. The first kappa shape index (κ1) is 45.4. The standard InChI is InChI=1S/C47H80O4Si3/c1-33(2)42(32-50-53(16,17)46(8,9)10)40-28-34(3)44(48)43-39(35(4)31-49-52(14,15)45(5,6)7)29-36(30-41(40)43)51-54(47(11,12)13,37-24-20-18-21-25-37)38-26-22-19-23-27-38/h18-27,33,35-36,39-44,48H,3,28-32H2,1-2,4-17H3/t35-,36-,39+,40-,41-,42-,43-,44-/m1/s1. The normalized spacial score (nSPS) is 26.1. The lowest BCUT2D eigenvalue weighted by molar-refractivity contribution is -0.0946. The van der Waals surface area contributed by atoms with Crippen LogP contribution in [0.1, 0.15) is 102 Å². The summed E-state index contributed by atoms with van der Waals surface area (Å²) in [6.07, 6.45) is 2.24. The minimum Gasteiger partial charge on any atom is -0.417 e. The van der Waals surface area contributed by atoms with Crippen LogP contribution < -0.4 is 10.4 Å². The van der Waals surface area contributed by atoms with Gasteiger partial charge in [0.05, 0.1) is 6.10 Å². The Balaban J connectivity index is 1.85. The molecule has 0 aromatic heterocycles. The largest absolute Gasteiger partial charge is 0.417 e. The van der Waals surface area contributed by atoms with E-state index in [1.807, 2.05) is 0 Å². The lowest BCUT2D eigenvalue weighted by atomic mass is 9.53. The molecule has 304 valence electrons. The molecule has 2 aliphatic carbocycles. The molecular formula is C47H80O4Si3. The van der Waals surface area contributed by atoms with Crippen LogP contribution in [0.5, 0.6) is 0 Å². The monoisotopic (exact) mass is 793 g/mol. The molecule has 0 spiro atoms. The molecule has 2 aromatic rings. The predicted octanol–water partition coefficient (Wildman–Crippen LogP) is 11.5. The number of fused-ring (bicyclic) bond motifs is 1. The number of hydrogen-bond acceptors (Lipinski definition) is 4. The molecule has 0 unspecified atom stereocenters. The molecule has 2 aliphatic rings. The van der Waals surface area contributed by atoms with E-state index in [1.54, 1.807) is 0 Å². The van der Waals surface area contributed by atoms with Crippen molar-refractivity contribution < 1.29 is 18.4 Å². The maximum absolute atomic E-state index is 12.3. The molecule has 1 N–H and O–H groups in total. The highest BCUT2D eigenvalue weighted by atomic mass is 28.4. The van der Waals surface area contributed by atoms with Gasteiger partial charge in [-0.2, -0.15) is 0 Å². The molecule has 2 aromatic carbocycles. The zero-order valence-electron chi connectivity index (χ0n) is 37.4. The average molecular weight is 793 g/mol. The van der Waals surface area contributed by atoms with E-state index in [0.29, 0.717) is 30.3 Å². The van der Waals surface area contributed by atoms with Gasteiger partial charge >= 0.3 is 0 Å². The van der Waals surface area contributed by atoms with Crippen molar-refractivity contribution >= 4 is 35.3 Å². The lowest BCUT2D eigenvalue weighted by Gasteiger charge is -2.56. The van der Waals surface area contributed by atoms with Gasteiger partial charge in [-0.15, -0.1) is 0 Å². The summed E-state index contributed by atoms with van der Waals surface area (Å²) < 4.78 is 22.1. The van der Waals surface area contributed by atoms with Crippen molar-refractivity contribution in [2.24, 2.45) is 41.4 Å². The van der Waals surface area contributed by atoms with Crippen molar-refractivity contribution in [2.45, 2.75) is 156 Å². The van der Waals surface area contributed by atoms with Crippen molar-refractivity contribution in [1.82, 2.24) is 0 Å². The van der Waals surface area contributed by atoms with Crippen molar-refractivity contribution in [3.8, 4) is 0 Å². The van der Waals surface area contributed by atoms with Gasteiger partial charge in [0, 0.05) is 19.3 Å². The third-order valence-electron chi connectivity index (χ3n) is 14.7. The first-order valence-electron chi connectivity index (χ1n) is 21.2. The fourth-order valence-electron chi connectivity index (χ4n) is 9.24. The van der Waals surface area contributed by atoms with E-state index in [0.717, 1.165) is 31.4 Å². The maximum Gasteiger partial charge on any atom is 0.261 e. The molecular weight excluding hydrogens is 713 g/mol. The quantitative estimate of drug-likeness (QED) is 0.162. The van der Waals surface area contributed by atoms with Crippen LogP contribution in [0.2, 0.25) is 41.3 Å². The van der Waals surface area contributed by atoms with Gasteiger partial charge in [-0.3, -0.25) is 0 Å². The highest BCUT2D eigenvalue weighted by molar-refractivity contribution is 6.99. The summed E-state index contributed by atoms with van der Waals surface area (Å²) >= 11 is 0. The van der Waals surface area contributed by atoms with E-state index in [2.05, 4.69) is 177 Å². The van der Waals surface area contributed by atoms with Crippen LogP contribution in [0.3, 0.4) is 0 Å². The van der Waals surface area contributed by atoms with E-state index in [9.17, 15) is 5.11 Å². The molecule has 0 radical (unpaired) electrons. The third kappa shape index (κ3) is 9.51. The Bertz CT molecular complexity index is 1460. The van der Waals surface area contributed by atoms with Crippen LogP contribution in [0.4, 0.5) is 0 Å². The summed E-state index contributed by atoms with van der Waals surface area (Å²) in [5.41, 5.74) is 1.01. The minimum atomic E-state index is -2.82. The Morgan fingerprint density at radius 3 is 1.57 bits per heavy atom. The molecule has 4 rings (SSSR count). The molecule has 7 heteroatoms. The Kier molecular flexibility index (Phi) is 14.2. The molecule has 0 bridgehead atoms. The molecule has 2 saturated carbocycles. The van der Waals surface area contributed by atoms with Crippen LogP contribution in [-0.2, 0) is 13.3 Å². The number of hydrogen-bond donors (Lipinski definition) is 1. The van der Waals surface area contributed by atoms with Crippen LogP contribution in [0.15, 0.2) is 72.8 Å². The topological polar surface area (TPSA) is 47.9 Å². The van der Waals surface area contributed by atoms with Gasteiger partial charge in [0.15, 0.2) is 16.6 Å². The minimum absolute atomic E-state index is 0.0491. The van der Waals surface area contributed by atoms with E-state index < -0.39 is 31.1 Å². The van der Waals surface area contributed by atoms with Crippen molar-refractivity contribution in [2.75, 3.05) is 13.2 Å². The number of aliphatic hydroxyl groups is 1. The molecule has 2 fully saturated rings. The fraction of sp³-hybridized carbons (Fsp3) is 0.702. The first-order valence-corrected chi connectivity index (χ1v) is 28.9. The van der Waals surface area contributed by atoms with Gasteiger partial charge in [0.25, 0.3) is 8.32 Å². The molecule has 0 aliphatic heterocycles. The Morgan fingerprint density at radius 2 is 1.15 bits per heavy atom. The zero-order valence-corrected chi connectivity index (χ0v) is 40.4. The highest BCUT2D eigenvalue weighted by Gasteiger charge is 2.56. The molecule has 8 atom stereocenters. The third-order valence-corrected chi connectivity index (χ3v) is 28.8. The fourth-order valence-corrected chi connectivity index (χ4v) is 16.1. The summed E-state index contributed by atoms with van der Waals surface area (Å²) in [7, 11) is -6.77. The maximum atomic E-state index is 12.3. The molecule has 0 heterocycles. The summed E-state index contributed by atoms with van der Waals surface area (Å²) in [6.45, 7) is 43.9. The van der Waals surface area contributed by atoms with Gasteiger partial charge in [0.1, 0.15) is 0 Å². The molecule has 4 nitrogen and oxygen atoms in total. The average Bonchev–Trinajstić information content (AvgIpc) is 3.07. The van der Waals surface area contributed by atoms with Crippen molar-refractivity contribution in [3.05, 3.63) is 72.8 Å². The molecule has 0 saturated heterocycles. The van der Waals surface area contributed by atoms with E-state index in [-0.39, 0.29) is 39.0 Å². The van der Waals surface area contributed by atoms with E-state index >= 15 is 0 Å². The second-order valence-electron chi connectivity index (χ2n) is 21.8. The van der Waals surface area contributed by atoms with Crippen LogP contribution in [0.25, 0.3) is 0 Å². The number of rotatable bonds is 13. The number of aliphatic hydroxyl groups excluding tert-OH is 1. The van der Waals surface area contributed by atoms with Crippen molar-refractivity contribution in [1.29, 1.82) is 0 Å². The SMILES string of the molecule is C=C1C[C@@H]([C@H](CO[Si](C)(C)C(C)(C)C)C(C)C)[C@H]2C[C@H](O[Si](c3ccccc3)(c3ccccc3)C(C)(C)C)C[C@@H]([C@H](C)CO[Si](C)(C)C(C)(C)C)[C@H]2[C@@H]1O. The van der Waals surface area contributed by atoms with Crippen LogP contribution >= 0.6 is 0 Å². The van der Waals surface area contributed by atoms with Gasteiger partial charge in [0.2, 0.25) is 0 Å². The van der Waals surface area contributed by atoms with Crippen LogP contribution in [0, 0.1) is 41.4 Å². The molecule has 54 heavy (non-hydrogen) atoms.